The van der Waals surface area contributed by atoms with Gasteiger partial charge in [0.2, 0.25) is 11.7 Å². The Hall–Kier alpha value is -1.75. The molecule has 1 aromatic carbocycles. The minimum atomic E-state index is -0.539. The third kappa shape index (κ3) is 2.83. The van der Waals surface area contributed by atoms with Crippen molar-refractivity contribution in [2.45, 2.75) is 51.0 Å². The highest BCUT2D eigenvalue weighted by molar-refractivity contribution is 5.59. The molecule has 2 aromatic rings. The fraction of sp³-hybridized carbons (Fsp3) is 0.500. The molecule has 5 heteroatoms. The van der Waals surface area contributed by atoms with Crippen LogP contribution in [0.2, 0.25) is 0 Å². The molecule has 2 N–H and O–H groups in total. The second kappa shape index (κ2) is 5.56. The number of hydrogen-bond acceptors (Lipinski definition) is 4. The first kappa shape index (κ1) is 14.2. The molecule has 0 radical (unpaired) electrons. The number of rotatable bonds is 2. The Morgan fingerprint density at radius 3 is 2.62 bits per heavy atom. The van der Waals surface area contributed by atoms with Gasteiger partial charge in [-0.2, -0.15) is 4.98 Å². The van der Waals surface area contributed by atoms with Crippen molar-refractivity contribution < 1.29 is 8.91 Å². The summed E-state index contributed by atoms with van der Waals surface area (Å²) in [4.78, 5) is 4.45. The molecular formula is C16H20FN3O. The van der Waals surface area contributed by atoms with Crippen LogP contribution in [0.25, 0.3) is 11.4 Å². The fourth-order valence-electron chi connectivity index (χ4n) is 2.94. The molecule has 0 saturated heterocycles. The van der Waals surface area contributed by atoms with Crippen molar-refractivity contribution in [3.63, 3.8) is 0 Å². The van der Waals surface area contributed by atoms with Gasteiger partial charge in [-0.05, 0) is 37.5 Å². The number of benzene rings is 1. The first-order chi connectivity index (χ1) is 10.1. The van der Waals surface area contributed by atoms with Gasteiger partial charge in [0.15, 0.2) is 0 Å². The number of hydrogen-bond donors (Lipinski definition) is 1. The minimum Gasteiger partial charge on any atom is -0.337 e. The molecule has 1 aromatic heterocycles. The molecule has 1 heterocycles. The monoisotopic (exact) mass is 289 g/mol. The van der Waals surface area contributed by atoms with E-state index in [1.54, 1.807) is 6.07 Å². The van der Waals surface area contributed by atoms with Crippen molar-refractivity contribution in [2.24, 2.45) is 5.73 Å². The molecule has 1 aliphatic rings. The SMILES string of the molecule is Cc1ccc(F)cc1-c1noc(C2(N)CCCCCC2)n1. The van der Waals surface area contributed by atoms with Gasteiger partial charge in [-0.1, -0.05) is 36.9 Å². The molecule has 3 rings (SSSR count). The Labute approximate surface area is 123 Å². The number of halogens is 1. The summed E-state index contributed by atoms with van der Waals surface area (Å²) in [5.41, 5.74) is 7.50. The summed E-state index contributed by atoms with van der Waals surface area (Å²) in [6, 6.07) is 4.57. The van der Waals surface area contributed by atoms with Crippen LogP contribution in [0.5, 0.6) is 0 Å². The van der Waals surface area contributed by atoms with Crippen molar-refractivity contribution in [1.82, 2.24) is 10.1 Å². The molecule has 0 bridgehead atoms. The van der Waals surface area contributed by atoms with E-state index in [0.717, 1.165) is 31.2 Å². The van der Waals surface area contributed by atoms with E-state index in [1.165, 1.54) is 25.0 Å². The lowest BCUT2D eigenvalue weighted by atomic mass is 9.91. The standard InChI is InChI=1S/C16H20FN3O/c1-11-6-7-12(17)10-13(11)14-19-15(21-20-14)16(18)8-4-2-3-5-9-16/h6-7,10H,2-5,8-9,18H2,1H3. The van der Waals surface area contributed by atoms with Gasteiger partial charge in [-0.3, -0.25) is 0 Å². The topological polar surface area (TPSA) is 64.9 Å². The van der Waals surface area contributed by atoms with Gasteiger partial charge in [0.1, 0.15) is 5.82 Å². The van der Waals surface area contributed by atoms with Crippen molar-refractivity contribution in [1.29, 1.82) is 0 Å². The Balaban J connectivity index is 1.94. The first-order valence-electron chi connectivity index (χ1n) is 7.48. The molecule has 0 atom stereocenters. The molecule has 0 amide bonds. The molecule has 0 aliphatic heterocycles. The van der Waals surface area contributed by atoms with E-state index in [0.29, 0.717) is 17.3 Å². The maximum Gasteiger partial charge on any atom is 0.247 e. The zero-order chi connectivity index (χ0) is 14.9. The highest BCUT2D eigenvalue weighted by atomic mass is 19.1. The Kier molecular flexibility index (Phi) is 3.76. The molecule has 1 fully saturated rings. The second-order valence-corrected chi connectivity index (χ2v) is 5.95. The lowest BCUT2D eigenvalue weighted by Crippen LogP contribution is -2.36. The summed E-state index contributed by atoms with van der Waals surface area (Å²) in [5, 5.41) is 4.01. The summed E-state index contributed by atoms with van der Waals surface area (Å²) in [6.45, 7) is 1.90. The summed E-state index contributed by atoms with van der Waals surface area (Å²) >= 11 is 0. The lowest BCUT2D eigenvalue weighted by Gasteiger charge is -2.22. The molecule has 1 aliphatic carbocycles. The number of nitrogens with two attached hydrogens (primary N) is 1. The second-order valence-electron chi connectivity index (χ2n) is 5.95. The Morgan fingerprint density at radius 1 is 1.19 bits per heavy atom. The molecule has 21 heavy (non-hydrogen) atoms. The summed E-state index contributed by atoms with van der Waals surface area (Å²) in [6.07, 6.45) is 6.26. The molecule has 4 nitrogen and oxygen atoms in total. The normalized spacial score (nSPS) is 18.4. The van der Waals surface area contributed by atoms with Crippen LogP contribution in [0.15, 0.2) is 22.7 Å². The zero-order valence-corrected chi connectivity index (χ0v) is 12.2. The highest BCUT2D eigenvalue weighted by Gasteiger charge is 2.34. The van der Waals surface area contributed by atoms with Crippen molar-refractivity contribution >= 4 is 0 Å². The van der Waals surface area contributed by atoms with E-state index in [4.69, 9.17) is 10.3 Å². The predicted molar refractivity (Wildman–Crippen MR) is 78.0 cm³/mol. The van der Waals surface area contributed by atoms with Gasteiger partial charge in [0.05, 0.1) is 5.54 Å². The number of nitrogens with zero attached hydrogens (tertiary/aromatic N) is 2. The molecule has 0 unspecified atom stereocenters. The third-order valence-electron chi connectivity index (χ3n) is 4.29. The average molecular weight is 289 g/mol. The Bertz CT molecular complexity index is 630. The molecule has 0 spiro atoms. The van der Waals surface area contributed by atoms with E-state index in [2.05, 4.69) is 10.1 Å². The van der Waals surface area contributed by atoms with E-state index >= 15 is 0 Å². The number of aryl methyl sites for hydroxylation is 1. The van der Waals surface area contributed by atoms with Gasteiger partial charge in [0.25, 0.3) is 0 Å². The third-order valence-corrected chi connectivity index (χ3v) is 4.29. The van der Waals surface area contributed by atoms with E-state index in [9.17, 15) is 4.39 Å². The van der Waals surface area contributed by atoms with Crippen LogP contribution in [0.4, 0.5) is 4.39 Å². The van der Waals surface area contributed by atoms with Crippen LogP contribution in [0.1, 0.15) is 50.0 Å². The van der Waals surface area contributed by atoms with Crippen LogP contribution < -0.4 is 5.73 Å². The van der Waals surface area contributed by atoms with Gasteiger partial charge < -0.3 is 10.3 Å². The van der Waals surface area contributed by atoms with Crippen molar-refractivity contribution in [3.8, 4) is 11.4 Å². The summed E-state index contributed by atoms with van der Waals surface area (Å²) < 4.78 is 18.8. The van der Waals surface area contributed by atoms with Crippen LogP contribution >= 0.6 is 0 Å². The van der Waals surface area contributed by atoms with Gasteiger partial charge in [-0.25, -0.2) is 4.39 Å². The largest absolute Gasteiger partial charge is 0.337 e. The van der Waals surface area contributed by atoms with Crippen molar-refractivity contribution in [2.75, 3.05) is 0 Å². The molecule has 1 saturated carbocycles. The van der Waals surface area contributed by atoms with Crippen molar-refractivity contribution in [3.05, 3.63) is 35.5 Å². The minimum absolute atomic E-state index is 0.307. The summed E-state index contributed by atoms with van der Waals surface area (Å²) in [5.74, 6) is 0.581. The van der Waals surface area contributed by atoms with Crippen LogP contribution in [-0.4, -0.2) is 10.1 Å². The van der Waals surface area contributed by atoms with Crippen LogP contribution in [0, 0.1) is 12.7 Å². The highest BCUT2D eigenvalue weighted by Crippen LogP contribution is 2.34. The van der Waals surface area contributed by atoms with Gasteiger partial charge >= 0.3 is 0 Å². The fourth-order valence-corrected chi connectivity index (χ4v) is 2.94. The van der Waals surface area contributed by atoms with Crippen LogP contribution in [-0.2, 0) is 5.54 Å². The lowest BCUT2D eigenvalue weighted by molar-refractivity contribution is 0.257. The van der Waals surface area contributed by atoms with Crippen LogP contribution in [0.3, 0.4) is 0 Å². The summed E-state index contributed by atoms with van der Waals surface area (Å²) in [7, 11) is 0. The van der Waals surface area contributed by atoms with E-state index in [1.807, 2.05) is 6.92 Å². The smallest absolute Gasteiger partial charge is 0.247 e. The van der Waals surface area contributed by atoms with E-state index < -0.39 is 5.54 Å². The quantitative estimate of drug-likeness (QED) is 0.856. The molecule has 112 valence electrons. The zero-order valence-electron chi connectivity index (χ0n) is 12.2. The van der Waals surface area contributed by atoms with Gasteiger partial charge in [0, 0.05) is 5.56 Å². The maximum absolute atomic E-state index is 13.4. The van der Waals surface area contributed by atoms with E-state index in [-0.39, 0.29) is 5.82 Å². The number of aromatic nitrogens is 2. The average Bonchev–Trinajstić information content (AvgIpc) is 2.86. The molecular weight excluding hydrogens is 269 g/mol. The maximum atomic E-state index is 13.4. The predicted octanol–water partition coefficient (Wildman–Crippen LogP) is 3.69. The van der Waals surface area contributed by atoms with Gasteiger partial charge in [-0.15, -0.1) is 0 Å². The first-order valence-corrected chi connectivity index (χ1v) is 7.48. The Morgan fingerprint density at radius 2 is 1.90 bits per heavy atom.